The molecule has 2 atom stereocenters. The van der Waals surface area contributed by atoms with Crippen molar-refractivity contribution < 1.29 is 23.9 Å². The van der Waals surface area contributed by atoms with Crippen LogP contribution in [0, 0.1) is 5.92 Å². The van der Waals surface area contributed by atoms with Crippen LogP contribution in [0.5, 0.6) is 0 Å². The molecule has 118 valence electrons. The van der Waals surface area contributed by atoms with Gasteiger partial charge < -0.3 is 14.8 Å². The predicted molar refractivity (Wildman–Crippen MR) is 80.1 cm³/mol. The highest BCUT2D eigenvalue weighted by Crippen LogP contribution is 2.24. The topological polar surface area (TPSA) is 81.7 Å². The minimum atomic E-state index is -1.15. The van der Waals surface area contributed by atoms with Gasteiger partial charge in [0, 0.05) is 0 Å². The van der Waals surface area contributed by atoms with Gasteiger partial charge in [-0.15, -0.1) is 0 Å². The van der Waals surface area contributed by atoms with Gasteiger partial charge in [0.2, 0.25) is 0 Å². The molecule has 0 radical (unpaired) electrons. The van der Waals surface area contributed by atoms with Crippen molar-refractivity contribution in [3.05, 3.63) is 48.6 Å². The molecule has 0 bridgehead atoms. The number of hydrogen-bond acceptors (Lipinski definition) is 5. The predicted octanol–water partition coefficient (Wildman–Crippen LogP) is 2.02. The minimum absolute atomic E-state index is 0.0241. The zero-order chi connectivity index (χ0) is 16.5. The molecule has 0 saturated carbocycles. The molecule has 1 aromatic carbocycles. The second-order valence-electron chi connectivity index (χ2n) is 4.53. The molecule has 1 N–H and O–H groups in total. The Labute approximate surface area is 129 Å². The van der Waals surface area contributed by atoms with Gasteiger partial charge in [0.1, 0.15) is 18.3 Å². The van der Waals surface area contributed by atoms with Crippen LogP contribution in [-0.4, -0.2) is 31.6 Å². The standard InChI is InChI=1S/C16H19NO5/c1-4-10-22-16(20)17-14(12-8-6-5-7-9-12)13(11(2)18)15(19)21-3/h4-9,13-14H,1,10H2,2-3H3,(H,17,20). The van der Waals surface area contributed by atoms with Crippen LogP contribution in [0.25, 0.3) is 0 Å². The summed E-state index contributed by atoms with van der Waals surface area (Å²) in [7, 11) is 1.19. The third-order valence-corrected chi connectivity index (χ3v) is 2.99. The molecule has 6 nitrogen and oxygen atoms in total. The average molecular weight is 305 g/mol. The van der Waals surface area contributed by atoms with Crippen molar-refractivity contribution in [1.82, 2.24) is 5.32 Å². The molecule has 1 amide bonds. The van der Waals surface area contributed by atoms with Gasteiger partial charge in [-0.2, -0.15) is 0 Å². The molecule has 0 spiro atoms. The number of carbonyl (C=O) groups is 3. The largest absolute Gasteiger partial charge is 0.468 e. The number of hydrogen-bond donors (Lipinski definition) is 1. The molecule has 2 unspecified atom stereocenters. The maximum absolute atomic E-state index is 11.9. The Morgan fingerprint density at radius 3 is 2.41 bits per heavy atom. The van der Waals surface area contributed by atoms with Crippen molar-refractivity contribution in [3.8, 4) is 0 Å². The van der Waals surface area contributed by atoms with E-state index in [2.05, 4.69) is 16.6 Å². The summed E-state index contributed by atoms with van der Waals surface area (Å²) in [6, 6.07) is 7.82. The lowest BCUT2D eigenvalue weighted by atomic mass is 9.90. The summed E-state index contributed by atoms with van der Waals surface area (Å²) < 4.78 is 9.53. The fourth-order valence-corrected chi connectivity index (χ4v) is 1.99. The lowest BCUT2D eigenvalue weighted by Crippen LogP contribution is -2.40. The first kappa shape index (κ1) is 17.4. The zero-order valence-corrected chi connectivity index (χ0v) is 12.6. The Bertz CT molecular complexity index is 541. The Hall–Kier alpha value is -2.63. The monoisotopic (exact) mass is 305 g/mol. The molecule has 0 fully saturated rings. The molecule has 1 rings (SSSR count). The Morgan fingerprint density at radius 2 is 1.91 bits per heavy atom. The summed E-state index contributed by atoms with van der Waals surface area (Å²) >= 11 is 0. The summed E-state index contributed by atoms with van der Waals surface area (Å²) in [5.74, 6) is -2.28. The Balaban J connectivity index is 3.09. The van der Waals surface area contributed by atoms with Crippen LogP contribution in [0.4, 0.5) is 4.79 Å². The number of ketones is 1. The lowest BCUT2D eigenvalue weighted by Gasteiger charge is -2.24. The summed E-state index contributed by atoms with van der Waals surface area (Å²) in [6.45, 7) is 4.74. The third kappa shape index (κ3) is 4.73. The fourth-order valence-electron chi connectivity index (χ4n) is 1.99. The van der Waals surface area contributed by atoms with Crippen molar-refractivity contribution in [1.29, 1.82) is 0 Å². The molecule has 0 aliphatic carbocycles. The van der Waals surface area contributed by atoms with E-state index in [0.29, 0.717) is 5.56 Å². The van der Waals surface area contributed by atoms with Crippen LogP contribution >= 0.6 is 0 Å². The van der Waals surface area contributed by atoms with Crippen molar-refractivity contribution in [2.75, 3.05) is 13.7 Å². The summed E-state index contributed by atoms with van der Waals surface area (Å²) in [5, 5.41) is 2.53. The van der Waals surface area contributed by atoms with Crippen molar-refractivity contribution in [2.45, 2.75) is 13.0 Å². The van der Waals surface area contributed by atoms with Gasteiger partial charge in [-0.25, -0.2) is 4.79 Å². The van der Waals surface area contributed by atoms with E-state index in [1.807, 2.05) is 0 Å². The number of amides is 1. The Kier molecular flexibility index (Phi) is 6.82. The smallest absolute Gasteiger partial charge is 0.407 e. The molecule has 0 aromatic heterocycles. The summed E-state index contributed by atoms with van der Waals surface area (Å²) in [5.41, 5.74) is 0.601. The first-order chi connectivity index (χ1) is 10.5. The fraction of sp³-hybridized carbons (Fsp3) is 0.312. The van der Waals surface area contributed by atoms with E-state index in [-0.39, 0.29) is 6.61 Å². The highest BCUT2D eigenvalue weighted by molar-refractivity contribution is 5.99. The number of carbonyl (C=O) groups excluding carboxylic acids is 3. The van der Waals surface area contributed by atoms with Gasteiger partial charge in [-0.1, -0.05) is 43.0 Å². The minimum Gasteiger partial charge on any atom is -0.468 e. The first-order valence-electron chi connectivity index (χ1n) is 6.68. The molecule has 22 heavy (non-hydrogen) atoms. The number of benzene rings is 1. The molecule has 0 aliphatic heterocycles. The SMILES string of the molecule is C=CCOC(=O)NC(c1ccccc1)C(C(C)=O)C(=O)OC. The van der Waals surface area contributed by atoms with E-state index in [1.165, 1.54) is 20.1 Å². The van der Waals surface area contributed by atoms with E-state index in [9.17, 15) is 14.4 Å². The lowest BCUT2D eigenvalue weighted by molar-refractivity contribution is -0.150. The van der Waals surface area contributed by atoms with Gasteiger partial charge in [0.25, 0.3) is 0 Å². The van der Waals surface area contributed by atoms with E-state index in [4.69, 9.17) is 4.74 Å². The van der Waals surface area contributed by atoms with Crippen LogP contribution in [0.2, 0.25) is 0 Å². The molecule has 0 heterocycles. The van der Waals surface area contributed by atoms with Crippen molar-refractivity contribution in [3.63, 3.8) is 0 Å². The van der Waals surface area contributed by atoms with E-state index in [0.717, 1.165) is 0 Å². The highest BCUT2D eigenvalue weighted by Gasteiger charge is 2.35. The normalized spacial score (nSPS) is 12.6. The van der Waals surface area contributed by atoms with Gasteiger partial charge in [-0.05, 0) is 12.5 Å². The number of rotatable bonds is 7. The highest BCUT2D eigenvalue weighted by atomic mass is 16.5. The molecular weight excluding hydrogens is 286 g/mol. The number of ether oxygens (including phenoxy) is 2. The van der Waals surface area contributed by atoms with Crippen molar-refractivity contribution >= 4 is 17.8 Å². The van der Waals surface area contributed by atoms with Gasteiger partial charge in [0.05, 0.1) is 13.2 Å². The average Bonchev–Trinajstić information content (AvgIpc) is 2.52. The zero-order valence-electron chi connectivity index (χ0n) is 12.6. The number of esters is 1. The number of alkyl carbamates (subject to hydrolysis) is 1. The number of Topliss-reactive ketones (excluding diaryl/α,β-unsaturated/α-hetero) is 1. The van der Waals surface area contributed by atoms with Crippen LogP contribution in [0.15, 0.2) is 43.0 Å². The maximum atomic E-state index is 11.9. The third-order valence-electron chi connectivity index (χ3n) is 2.99. The van der Waals surface area contributed by atoms with Gasteiger partial charge in [0.15, 0.2) is 0 Å². The van der Waals surface area contributed by atoms with E-state index >= 15 is 0 Å². The van der Waals surface area contributed by atoms with Crippen LogP contribution < -0.4 is 5.32 Å². The molecule has 1 aromatic rings. The molecular formula is C16H19NO5. The van der Waals surface area contributed by atoms with Gasteiger partial charge in [-0.3, -0.25) is 9.59 Å². The summed E-state index contributed by atoms with van der Waals surface area (Å²) in [6.07, 6.45) is 0.670. The molecule has 6 heteroatoms. The first-order valence-corrected chi connectivity index (χ1v) is 6.68. The van der Waals surface area contributed by atoms with Gasteiger partial charge >= 0.3 is 12.1 Å². The number of methoxy groups -OCH3 is 1. The second kappa shape index (κ2) is 8.61. The van der Waals surface area contributed by atoms with E-state index < -0.39 is 29.8 Å². The van der Waals surface area contributed by atoms with Crippen LogP contribution in [0.3, 0.4) is 0 Å². The van der Waals surface area contributed by atoms with E-state index in [1.54, 1.807) is 30.3 Å². The Morgan fingerprint density at radius 1 is 1.27 bits per heavy atom. The van der Waals surface area contributed by atoms with Crippen LogP contribution in [-0.2, 0) is 19.1 Å². The quantitative estimate of drug-likeness (QED) is 0.473. The summed E-state index contributed by atoms with van der Waals surface area (Å²) in [4.78, 5) is 35.5. The van der Waals surface area contributed by atoms with Crippen molar-refractivity contribution in [2.24, 2.45) is 5.92 Å². The number of nitrogens with one attached hydrogen (secondary N) is 1. The van der Waals surface area contributed by atoms with Crippen LogP contribution in [0.1, 0.15) is 18.5 Å². The second-order valence-corrected chi connectivity index (χ2v) is 4.53. The maximum Gasteiger partial charge on any atom is 0.407 e. The molecule has 0 aliphatic rings. The molecule has 0 saturated heterocycles.